The van der Waals surface area contributed by atoms with Crippen LogP contribution < -0.4 is 0 Å². The van der Waals surface area contributed by atoms with Gasteiger partial charge < -0.3 is 19.4 Å². The van der Waals surface area contributed by atoms with Crippen LogP contribution in [0.2, 0.25) is 0 Å². The molecule has 0 radical (unpaired) electrons. The minimum absolute atomic E-state index is 0.175. The highest BCUT2D eigenvalue weighted by atomic mass is 127. The molecule has 4 nitrogen and oxygen atoms in total. The molecular weight excluding hydrogens is 275 g/mol. The first-order valence-corrected chi connectivity index (χ1v) is 4.89. The number of hydrogen-bond donors (Lipinski definition) is 1. The number of rotatable bonds is 2. The Labute approximate surface area is 84.4 Å². The maximum Gasteiger partial charge on any atom is 0.160 e. The van der Waals surface area contributed by atoms with Crippen LogP contribution in [-0.4, -0.2) is 40.9 Å². The van der Waals surface area contributed by atoms with Gasteiger partial charge in [0.25, 0.3) is 0 Å². The Hall–Kier alpha value is 0.280. The van der Waals surface area contributed by atoms with Crippen molar-refractivity contribution < 1.29 is 19.4 Å². The van der Waals surface area contributed by atoms with Crippen molar-refractivity contribution in [3.63, 3.8) is 0 Å². The fraction of sp³-hybridized carbons (Fsp3) is 0.857. The Balaban J connectivity index is 2.57. The number of aldehydes is 1. The smallest absolute Gasteiger partial charge is 0.160 e. The number of ether oxygens (including phenoxy) is 2. The highest BCUT2D eigenvalue weighted by Crippen LogP contribution is 2.25. The molecule has 1 N–H and O–H groups in total. The molecule has 70 valence electrons. The van der Waals surface area contributed by atoms with E-state index in [0.717, 1.165) is 0 Å². The van der Waals surface area contributed by atoms with E-state index >= 15 is 0 Å². The number of hydrogen-bond acceptors (Lipinski definition) is 4. The first-order valence-electron chi connectivity index (χ1n) is 3.64. The van der Waals surface area contributed by atoms with Gasteiger partial charge in [0.1, 0.15) is 12.4 Å². The van der Waals surface area contributed by atoms with Crippen LogP contribution in [0.5, 0.6) is 0 Å². The number of carbonyl (C=O) groups is 1. The number of aliphatic hydroxyl groups excluding tert-OH is 1. The summed E-state index contributed by atoms with van der Waals surface area (Å²) >= 11 is 2.01. The fourth-order valence-electron chi connectivity index (χ4n) is 1.11. The lowest BCUT2D eigenvalue weighted by atomic mass is 10.1. The van der Waals surface area contributed by atoms with E-state index in [0.29, 0.717) is 12.7 Å². The molecule has 4 atom stereocenters. The van der Waals surface area contributed by atoms with Crippen molar-refractivity contribution >= 4 is 28.9 Å². The normalized spacial score (nSPS) is 42.6. The average Bonchev–Trinajstić information content (AvgIpc) is 2.09. The minimum atomic E-state index is -0.556. The zero-order valence-corrected chi connectivity index (χ0v) is 8.80. The number of methoxy groups -OCH3 is 1. The molecule has 1 aliphatic rings. The Morgan fingerprint density at radius 3 is 2.92 bits per heavy atom. The quantitative estimate of drug-likeness (QED) is 0.445. The van der Waals surface area contributed by atoms with E-state index in [1.54, 1.807) is 0 Å². The van der Waals surface area contributed by atoms with Gasteiger partial charge in [-0.15, -0.1) is 0 Å². The maximum absolute atomic E-state index is 10.5. The third-order valence-corrected chi connectivity index (χ3v) is 3.36. The van der Waals surface area contributed by atoms with E-state index in [9.17, 15) is 9.90 Å². The van der Waals surface area contributed by atoms with Crippen LogP contribution in [0.25, 0.3) is 0 Å². The summed E-state index contributed by atoms with van der Waals surface area (Å²) in [6.45, 7) is 0. The standard InChI is InChI=1S/C7H11IO4/c1-11-6-2-4(10)7(8)5(3-9)12-6/h3-7,10H,2H2,1H3. The van der Waals surface area contributed by atoms with Gasteiger partial charge in [0.15, 0.2) is 6.29 Å². The molecule has 0 aromatic carbocycles. The molecule has 1 heterocycles. The largest absolute Gasteiger partial charge is 0.392 e. The van der Waals surface area contributed by atoms with Crippen molar-refractivity contribution in [1.82, 2.24) is 0 Å². The second-order valence-electron chi connectivity index (χ2n) is 2.65. The van der Waals surface area contributed by atoms with Gasteiger partial charge in [0, 0.05) is 13.5 Å². The van der Waals surface area contributed by atoms with Gasteiger partial charge >= 0.3 is 0 Å². The second kappa shape index (κ2) is 4.50. The van der Waals surface area contributed by atoms with E-state index in [1.807, 2.05) is 22.6 Å². The Kier molecular flexibility index (Phi) is 3.88. The summed E-state index contributed by atoms with van der Waals surface area (Å²) in [4.78, 5) is 10.5. The summed E-state index contributed by atoms with van der Waals surface area (Å²) in [6.07, 6.45) is -0.417. The van der Waals surface area contributed by atoms with E-state index < -0.39 is 18.5 Å². The van der Waals surface area contributed by atoms with E-state index in [2.05, 4.69) is 0 Å². The highest BCUT2D eigenvalue weighted by molar-refractivity contribution is 14.1. The van der Waals surface area contributed by atoms with Crippen molar-refractivity contribution in [2.24, 2.45) is 0 Å². The van der Waals surface area contributed by atoms with Crippen LogP contribution in [-0.2, 0) is 14.3 Å². The molecule has 0 aliphatic carbocycles. The molecule has 1 rings (SSSR count). The number of alkyl halides is 1. The van der Waals surface area contributed by atoms with Crippen molar-refractivity contribution in [3.8, 4) is 0 Å². The van der Waals surface area contributed by atoms with Crippen LogP contribution in [0.1, 0.15) is 6.42 Å². The predicted molar refractivity (Wildman–Crippen MR) is 50.2 cm³/mol. The van der Waals surface area contributed by atoms with Crippen molar-refractivity contribution in [1.29, 1.82) is 0 Å². The van der Waals surface area contributed by atoms with E-state index in [-0.39, 0.29) is 3.92 Å². The summed E-state index contributed by atoms with van der Waals surface area (Å²) in [5.74, 6) is 0. The molecule has 5 heteroatoms. The zero-order chi connectivity index (χ0) is 9.14. The summed E-state index contributed by atoms with van der Waals surface area (Å²) < 4.78 is 9.93. The molecule has 4 unspecified atom stereocenters. The van der Waals surface area contributed by atoms with Crippen LogP contribution in [0.3, 0.4) is 0 Å². The van der Waals surface area contributed by atoms with Crippen LogP contribution in [0.15, 0.2) is 0 Å². The lowest BCUT2D eigenvalue weighted by Gasteiger charge is -2.33. The van der Waals surface area contributed by atoms with Gasteiger partial charge in [0.2, 0.25) is 0 Å². The van der Waals surface area contributed by atoms with Gasteiger partial charge in [-0.25, -0.2) is 0 Å². The molecule has 1 aliphatic heterocycles. The molecule has 0 spiro atoms. The van der Waals surface area contributed by atoms with Gasteiger partial charge in [-0.2, -0.15) is 0 Å². The van der Waals surface area contributed by atoms with E-state index in [4.69, 9.17) is 9.47 Å². The Morgan fingerprint density at radius 2 is 2.42 bits per heavy atom. The summed E-state index contributed by atoms with van der Waals surface area (Å²) in [7, 11) is 1.49. The fourth-order valence-corrected chi connectivity index (χ4v) is 1.74. The molecule has 12 heavy (non-hydrogen) atoms. The molecule has 1 saturated heterocycles. The lowest BCUT2D eigenvalue weighted by Crippen LogP contribution is -2.46. The van der Waals surface area contributed by atoms with Crippen LogP contribution >= 0.6 is 22.6 Å². The SMILES string of the molecule is COC1CC(O)C(I)C(C=O)O1. The lowest BCUT2D eigenvalue weighted by molar-refractivity contribution is -0.194. The number of halogens is 1. The second-order valence-corrected chi connectivity index (χ2v) is 4.09. The minimum Gasteiger partial charge on any atom is -0.392 e. The monoisotopic (exact) mass is 286 g/mol. The molecule has 0 aromatic heterocycles. The van der Waals surface area contributed by atoms with Crippen LogP contribution in [0.4, 0.5) is 0 Å². The highest BCUT2D eigenvalue weighted by Gasteiger charge is 2.35. The number of carbonyl (C=O) groups excluding carboxylic acids is 1. The molecular formula is C7H11IO4. The summed E-state index contributed by atoms with van der Waals surface area (Å²) in [5.41, 5.74) is 0. The number of aliphatic hydroxyl groups is 1. The van der Waals surface area contributed by atoms with Crippen molar-refractivity contribution in [3.05, 3.63) is 0 Å². The summed E-state index contributed by atoms with van der Waals surface area (Å²) in [6, 6.07) is 0. The third kappa shape index (κ3) is 2.15. The Bertz CT molecular complexity index is 163. The average molecular weight is 286 g/mol. The topological polar surface area (TPSA) is 55.8 Å². The van der Waals surface area contributed by atoms with Crippen molar-refractivity contribution in [2.45, 2.75) is 28.8 Å². The van der Waals surface area contributed by atoms with E-state index in [1.165, 1.54) is 7.11 Å². The first-order chi connectivity index (χ1) is 5.69. The maximum atomic E-state index is 10.5. The van der Waals surface area contributed by atoms with Gasteiger partial charge in [-0.1, -0.05) is 22.6 Å². The first kappa shape index (κ1) is 10.4. The molecule has 0 amide bonds. The summed E-state index contributed by atoms with van der Waals surface area (Å²) in [5, 5.41) is 9.45. The van der Waals surface area contributed by atoms with Crippen LogP contribution in [0, 0.1) is 0 Å². The molecule has 0 aromatic rings. The zero-order valence-electron chi connectivity index (χ0n) is 6.64. The van der Waals surface area contributed by atoms with Gasteiger partial charge in [-0.05, 0) is 0 Å². The third-order valence-electron chi connectivity index (χ3n) is 1.82. The molecule has 1 fully saturated rings. The molecule has 0 saturated carbocycles. The van der Waals surface area contributed by atoms with Gasteiger partial charge in [0.05, 0.1) is 10.0 Å². The predicted octanol–water partition coefficient (Wildman–Crippen LogP) is 0.111. The van der Waals surface area contributed by atoms with Crippen molar-refractivity contribution in [2.75, 3.05) is 7.11 Å². The van der Waals surface area contributed by atoms with Gasteiger partial charge in [-0.3, -0.25) is 0 Å². The molecule has 0 bridgehead atoms. The Morgan fingerprint density at radius 1 is 1.75 bits per heavy atom.